The number of nitrogens with one attached hydrogen (secondary N) is 2. The first-order chi connectivity index (χ1) is 13.2. The van der Waals surface area contributed by atoms with E-state index in [4.69, 9.17) is 9.47 Å². The van der Waals surface area contributed by atoms with Gasteiger partial charge in [0.15, 0.2) is 17.5 Å². The largest absolute Gasteiger partial charge is 0.493 e. The topological polar surface area (TPSA) is 58.1 Å². The summed E-state index contributed by atoms with van der Waals surface area (Å²) in [5.74, 6) is 2.33. The Labute approximate surface area is 187 Å². The van der Waals surface area contributed by atoms with Crippen molar-refractivity contribution >= 4 is 29.9 Å². The molecule has 1 aromatic carbocycles. The van der Waals surface area contributed by atoms with Crippen molar-refractivity contribution in [3.63, 3.8) is 0 Å². The number of methoxy groups -OCH3 is 1. The van der Waals surface area contributed by atoms with E-state index in [1.54, 1.807) is 14.2 Å². The van der Waals surface area contributed by atoms with Crippen molar-refractivity contribution in [3.8, 4) is 11.5 Å². The molecule has 7 heteroatoms. The second-order valence-corrected chi connectivity index (χ2v) is 7.07. The Morgan fingerprint density at radius 2 is 1.79 bits per heavy atom. The number of aliphatic imine (C=N–C) groups is 1. The van der Waals surface area contributed by atoms with Gasteiger partial charge in [-0.2, -0.15) is 0 Å². The number of para-hydroxylation sites is 2. The standard InChI is InChI=1S/C21H36N4O2.HI/c1-18(27-20-12-7-6-11-19(20)26-3)17-24-21(22-2)23-13-10-16-25-14-8-4-5-9-15-25;/h6-7,11-12,18H,4-5,8-10,13-17H2,1-3H3,(H2,22,23,24);1H. The number of rotatable bonds is 9. The summed E-state index contributed by atoms with van der Waals surface area (Å²) in [5, 5.41) is 6.73. The Morgan fingerprint density at radius 3 is 2.43 bits per heavy atom. The van der Waals surface area contributed by atoms with Crippen LogP contribution in [-0.4, -0.2) is 63.8 Å². The van der Waals surface area contributed by atoms with Crippen LogP contribution in [0.3, 0.4) is 0 Å². The molecule has 6 nitrogen and oxygen atoms in total. The molecule has 28 heavy (non-hydrogen) atoms. The summed E-state index contributed by atoms with van der Waals surface area (Å²) in [7, 11) is 3.46. The summed E-state index contributed by atoms with van der Waals surface area (Å²) in [6.45, 7) is 7.31. The van der Waals surface area contributed by atoms with Crippen LogP contribution in [0.5, 0.6) is 11.5 Å². The number of guanidine groups is 1. The van der Waals surface area contributed by atoms with E-state index < -0.39 is 0 Å². The Hall–Kier alpha value is -1.22. The van der Waals surface area contributed by atoms with Crippen LogP contribution in [0.15, 0.2) is 29.3 Å². The highest BCUT2D eigenvalue weighted by atomic mass is 127. The third-order valence-electron chi connectivity index (χ3n) is 4.82. The Balaban J connectivity index is 0.00000392. The highest BCUT2D eigenvalue weighted by Crippen LogP contribution is 2.26. The van der Waals surface area contributed by atoms with Crippen molar-refractivity contribution in [3.05, 3.63) is 24.3 Å². The molecule has 0 spiro atoms. The lowest BCUT2D eigenvalue weighted by atomic mass is 10.2. The molecule has 0 aromatic heterocycles. The molecule has 1 aliphatic rings. The fourth-order valence-electron chi connectivity index (χ4n) is 3.30. The number of benzene rings is 1. The molecular formula is C21H37IN4O2. The van der Waals surface area contributed by atoms with Crippen LogP contribution in [0.1, 0.15) is 39.0 Å². The van der Waals surface area contributed by atoms with Crippen molar-refractivity contribution in [2.45, 2.75) is 45.1 Å². The molecule has 1 aromatic rings. The molecule has 0 bridgehead atoms. The smallest absolute Gasteiger partial charge is 0.191 e. The molecular weight excluding hydrogens is 467 g/mol. The summed E-state index contributed by atoms with van der Waals surface area (Å²) in [6, 6.07) is 7.71. The molecule has 1 fully saturated rings. The molecule has 1 aliphatic heterocycles. The van der Waals surface area contributed by atoms with Crippen LogP contribution < -0.4 is 20.1 Å². The summed E-state index contributed by atoms with van der Waals surface area (Å²) < 4.78 is 11.3. The van der Waals surface area contributed by atoms with Gasteiger partial charge in [0.25, 0.3) is 0 Å². The Bertz CT molecular complexity index is 563. The molecule has 1 atom stereocenters. The van der Waals surface area contributed by atoms with Gasteiger partial charge >= 0.3 is 0 Å². The van der Waals surface area contributed by atoms with Gasteiger partial charge in [0.1, 0.15) is 6.10 Å². The van der Waals surface area contributed by atoms with Crippen LogP contribution in [0.25, 0.3) is 0 Å². The molecule has 0 radical (unpaired) electrons. The van der Waals surface area contributed by atoms with Gasteiger partial charge in [-0.3, -0.25) is 4.99 Å². The van der Waals surface area contributed by atoms with Crippen LogP contribution in [0, 0.1) is 0 Å². The van der Waals surface area contributed by atoms with E-state index in [1.165, 1.54) is 38.8 Å². The van der Waals surface area contributed by atoms with E-state index in [0.717, 1.165) is 37.0 Å². The fraction of sp³-hybridized carbons (Fsp3) is 0.667. The minimum Gasteiger partial charge on any atom is -0.493 e. The van der Waals surface area contributed by atoms with E-state index in [0.29, 0.717) is 6.54 Å². The minimum absolute atomic E-state index is 0. The normalized spacial score (nSPS) is 16.5. The maximum Gasteiger partial charge on any atom is 0.191 e. The average Bonchev–Trinajstić information content (AvgIpc) is 2.96. The summed E-state index contributed by atoms with van der Waals surface area (Å²) in [4.78, 5) is 6.89. The van der Waals surface area contributed by atoms with Gasteiger partial charge in [-0.25, -0.2) is 0 Å². The lowest BCUT2D eigenvalue weighted by molar-refractivity contribution is 0.213. The quantitative estimate of drug-likeness (QED) is 0.233. The molecule has 2 N–H and O–H groups in total. The van der Waals surface area contributed by atoms with Crippen molar-refractivity contribution in [2.24, 2.45) is 4.99 Å². The zero-order chi connectivity index (χ0) is 19.3. The van der Waals surface area contributed by atoms with Crippen molar-refractivity contribution in [1.29, 1.82) is 0 Å². The number of hydrogen-bond acceptors (Lipinski definition) is 4. The zero-order valence-corrected chi connectivity index (χ0v) is 19.9. The monoisotopic (exact) mass is 504 g/mol. The van der Waals surface area contributed by atoms with E-state index in [9.17, 15) is 0 Å². The average molecular weight is 504 g/mol. The second-order valence-electron chi connectivity index (χ2n) is 7.07. The summed E-state index contributed by atoms with van der Waals surface area (Å²) in [5.41, 5.74) is 0. The number of likely N-dealkylation sites (tertiary alicyclic amines) is 1. The van der Waals surface area contributed by atoms with Crippen molar-refractivity contribution < 1.29 is 9.47 Å². The second kappa shape index (κ2) is 14.7. The van der Waals surface area contributed by atoms with Crippen LogP contribution >= 0.6 is 24.0 Å². The highest BCUT2D eigenvalue weighted by molar-refractivity contribution is 14.0. The summed E-state index contributed by atoms with van der Waals surface area (Å²) >= 11 is 0. The first-order valence-electron chi connectivity index (χ1n) is 10.2. The number of halogens is 1. The van der Waals surface area contributed by atoms with Gasteiger partial charge in [-0.05, 0) is 58.0 Å². The molecule has 0 amide bonds. The lowest BCUT2D eigenvalue weighted by Gasteiger charge is -2.21. The van der Waals surface area contributed by atoms with E-state index >= 15 is 0 Å². The lowest BCUT2D eigenvalue weighted by Crippen LogP contribution is -2.42. The number of ether oxygens (including phenoxy) is 2. The predicted molar refractivity (Wildman–Crippen MR) is 127 cm³/mol. The summed E-state index contributed by atoms with van der Waals surface area (Å²) in [6.07, 6.45) is 6.60. The molecule has 0 saturated carbocycles. The first-order valence-corrected chi connectivity index (χ1v) is 10.2. The van der Waals surface area contributed by atoms with E-state index in [1.807, 2.05) is 31.2 Å². The van der Waals surface area contributed by atoms with Gasteiger partial charge < -0.3 is 25.0 Å². The fourth-order valence-corrected chi connectivity index (χ4v) is 3.30. The Kier molecular flexibility index (Phi) is 13.1. The molecule has 1 heterocycles. The third-order valence-corrected chi connectivity index (χ3v) is 4.82. The molecule has 160 valence electrons. The maximum absolute atomic E-state index is 5.97. The molecule has 1 unspecified atom stereocenters. The van der Waals surface area contributed by atoms with Crippen molar-refractivity contribution in [1.82, 2.24) is 15.5 Å². The SMILES string of the molecule is CN=C(NCCCN1CCCCCC1)NCC(C)Oc1ccccc1OC.I. The molecule has 1 saturated heterocycles. The molecule has 2 rings (SSSR count). The number of hydrogen-bond donors (Lipinski definition) is 2. The maximum atomic E-state index is 5.97. The zero-order valence-electron chi connectivity index (χ0n) is 17.6. The Morgan fingerprint density at radius 1 is 1.11 bits per heavy atom. The predicted octanol–water partition coefficient (Wildman–Crippen LogP) is 3.51. The number of nitrogens with zero attached hydrogens (tertiary/aromatic N) is 2. The minimum atomic E-state index is -0.00282. The van der Waals surface area contributed by atoms with Crippen molar-refractivity contribution in [2.75, 3.05) is 46.9 Å². The highest BCUT2D eigenvalue weighted by Gasteiger charge is 2.10. The van der Waals surface area contributed by atoms with Gasteiger partial charge in [0.05, 0.1) is 13.7 Å². The van der Waals surface area contributed by atoms with Gasteiger partial charge in [-0.15, -0.1) is 24.0 Å². The van der Waals surface area contributed by atoms with E-state index in [-0.39, 0.29) is 30.1 Å². The van der Waals surface area contributed by atoms with Gasteiger partial charge in [0.2, 0.25) is 0 Å². The van der Waals surface area contributed by atoms with Crippen LogP contribution in [0.4, 0.5) is 0 Å². The van der Waals surface area contributed by atoms with E-state index in [2.05, 4.69) is 20.5 Å². The van der Waals surface area contributed by atoms with Crippen LogP contribution in [-0.2, 0) is 0 Å². The van der Waals surface area contributed by atoms with Gasteiger partial charge in [0, 0.05) is 13.6 Å². The third kappa shape index (κ3) is 9.32. The first kappa shape index (κ1) is 24.8. The van der Waals surface area contributed by atoms with Crippen LogP contribution in [0.2, 0.25) is 0 Å². The molecule has 0 aliphatic carbocycles. The van der Waals surface area contributed by atoms with Gasteiger partial charge in [-0.1, -0.05) is 25.0 Å².